The molecule has 0 fully saturated rings. The van der Waals surface area contributed by atoms with Gasteiger partial charge in [0.1, 0.15) is 12.3 Å². The molecular weight excluding hydrogens is 402 g/mol. The van der Waals surface area contributed by atoms with Crippen LogP contribution in [0, 0.1) is 0 Å². The van der Waals surface area contributed by atoms with Gasteiger partial charge in [-0.1, -0.05) is 28.9 Å². The van der Waals surface area contributed by atoms with E-state index in [4.69, 9.17) is 20.9 Å². The molecule has 0 radical (unpaired) electrons. The topological polar surface area (TPSA) is 70.2 Å². The van der Waals surface area contributed by atoms with Crippen molar-refractivity contribution in [1.29, 1.82) is 0 Å². The maximum absolute atomic E-state index is 13.0. The number of fused-ring (bicyclic) bond motifs is 2. The highest BCUT2D eigenvalue weighted by atomic mass is 35.5. The molecule has 0 spiro atoms. The zero-order valence-corrected chi connectivity index (χ0v) is 16.8. The van der Waals surface area contributed by atoms with Crippen molar-refractivity contribution in [2.75, 3.05) is 7.11 Å². The number of hydrogen-bond acceptors (Lipinski definition) is 5. The molecule has 7 heteroatoms. The molecule has 5 rings (SSSR count). The van der Waals surface area contributed by atoms with Crippen LogP contribution in [0.4, 0.5) is 0 Å². The summed E-state index contributed by atoms with van der Waals surface area (Å²) in [5.74, 6) is 1.55. The average Bonchev–Trinajstić information content (AvgIpc) is 3.25. The lowest BCUT2D eigenvalue weighted by Gasteiger charge is -2.14. The standard InChI is InChI=1S/C23H16ClN3O3/c1-29-16-10-11-20-18(12-16)22(28)17-4-2-3-5-19(17)27(20)13-21-25-23(26-30-21)14-6-8-15(24)9-7-14/h2-12H,13H2,1H3. The Labute approximate surface area is 176 Å². The van der Waals surface area contributed by atoms with Gasteiger partial charge in [-0.2, -0.15) is 4.98 Å². The fourth-order valence-electron chi connectivity index (χ4n) is 3.58. The first kappa shape index (κ1) is 18.4. The van der Waals surface area contributed by atoms with Gasteiger partial charge in [-0.3, -0.25) is 4.79 Å². The smallest absolute Gasteiger partial charge is 0.246 e. The predicted molar refractivity (Wildman–Crippen MR) is 116 cm³/mol. The van der Waals surface area contributed by atoms with Crippen LogP contribution in [0.1, 0.15) is 5.89 Å². The summed E-state index contributed by atoms with van der Waals surface area (Å²) in [5, 5.41) is 5.93. The molecule has 5 aromatic rings. The monoisotopic (exact) mass is 417 g/mol. The lowest BCUT2D eigenvalue weighted by atomic mass is 10.1. The average molecular weight is 418 g/mol. The molecule has 148 valence electrons. The number of pyridine rings is 1. The van der Waals surface area contributed by atoms with Crippen molar-refractivity contribution in [3.05, 3.63) is 87.9 Å². The molecule has 6 nitrogen and oxygen atoms in total. The van der Waals surface area contributed by atoms with E-state index in [2.05, 4.69) is 10.1 Å². The summed E-state index contributed by atoms with van der Waals surface area (Å²) in [6.45, 7) is 0.324. The van der Waals surface area contributed by atoms with E-state index < -0.39 is 0 Å². The Balaban J connectivity index is 1.66. The summed E-state index contributed by atoms with van der Waals surface area (Å²) < 4.78 is 12.8. The molecule has 0 amide bonds. The first-order chi connectivity index (χ1) is 14.6. The maximum atomic E-state index is 13.0. The zero-order valence-electron chi connectivity index (χ0n) is 16.0. The Kier molecular flexibility index (Phi) is 4.48. The van der Waals surface area contributed by atoms with Crippen LogP contribution in [-0.2, 0) is 6.54 Å². The Morgan fingerprint density at radius 3 is 2.57 bits per heavy atom. The SMILES string of the molecule is COc1ccc2c(c1)c(=O)c1ccccc1n2Cc1nc(-c2ccc(Cl)cc2)no1. The van der Waals surface area contributed by atoms with Gasteiger partial charge in [-0.15, -0.1) is 0 Å². The number of nitrogens with zero attached hydrogens (tertiary/aromatic N) is 3. The van der Waals surface area contributed by atoms with Crippen LogP contribution in [0.15, 0.2) is 76.0 Å². The van der Waals surface area contributed by atoms with Crippen LogP contribution in [0.25, 0.3) is 33.2 Å². The number of para-hydroxylation sites is 1. The first-order valence-electron chi connectivity index (χ1n) is 9.32. The highest BCUT2D eigenvalue weighted by Crippen LogP contribution is 2.25. The van der Waals surface area contributed by atoms with Crippen LogP contribution in [-0.4, -0.2) is 21.8 Å². The molecule has 0 saturated heterocycles. The van der Waals surface area contributed by atoms with Gasteiger partial charge in [0.25, 0.3) is 0 Å². The second-order valence-electron chi connectivity index (χ2n) is 6.83. The van der Waals surface area contributed by atoms with E-state index in [-0.39, 0.29) is 5.43 Å². The third-order valence-corrected chi connectivity index (χ3v) is 5.29. The number of hydrogen-bond donors (Lipinski definition) is 0. The molecule has 0 unspecified atom stereocenters. The van der Waals surface area contributed by atoms with Gasteiger partial charge in [0, 0.05) is 21.4 Å². The van der Waals surface area contributed by atoms with E-state index in [9.17, 15) is 4.79 Å². The summed E-state index contributed by atoms with van der Waals surface area (Å²) in [6.07, 6.45) is 0. The summed E-state index contributed by atoms with van der Waals surface area (Å²) in [7, 11) is 1.58. The molecule has 2 aromatic heterocycles. The van der Waals surface area contributed by atoms with Crippen molar-refractivity contribution < 1.29 is 9.26 Å². The molecule has 0 N–H and O–H groups in total. The Bertz CT molecular complexity index is 1440. The van der Waals surface area contributed by atoms with Crippen molar-refractivity contribution in [3.63, 3.8) is 0 Å². The molecule has 0 aliphatic rings. The highest BCUT2D eigenvalue weighted by Gasteiger charge is 2.15. The van der Waals surface area contributed by atoms with E-state index in [1.807, 2.05) is 53.1 Å². The number of rotatable bonds is 4. The second-order valence-corrected chi connectivity index (χ2v) is 7.27. The molecule has 0 aliphatic heterocycles. The van der Waals surface area contributed by atoms with Gasteiger partial charge in [0.15, 0.2) is 5.43 Å². The number of aromatic nitrogens is 3. The predicted octanol–water partition coefficient (Wildman–Crippen LogP) is 4.92. The van der Waals surface area contributed by atoms with E-state index in [1.54, 1.807) is 25.3 Å². The van der Waals surface area contributed by atoms with E-state index in [0.29, 0.717) is 39.8 Å². The van der Waals surface area contributed by atoms with Gasteiger partial charge in [0.05, 0.1) is 18.1 Å². The first-order valence-corrected chi connectivity index (χ1v) is 9.69. The molecular formula is C23H16ClN3O3. The number of ether oxygens (including phenoxy) is 1. The van der Waals surface area contributed by atoms with E-state index in [0.717, 1.165) is 16.6 Å². The molecule has 30 heavy (non-hydrogen) atoms. The molecule has 0 bridgehead atoms. The minimum absolute atomic E-state index is 0.0388. The summed E-state index contributed by atoms with van der Waals surface area (Å²) >= 11 is 5.95. The normalized spacial score (nSPS) is 11.3. The van der Waals surface area contributed by atoms with Crippen molar-refractivity contribution in [2.45, 2.75) is 6.54 Å². The molecule has 3 aromatic carbocycles. The fraction of sp³-hybridized carbons (Fsp3) is 0.0870. The Morgan fingerprint density at radius 2 is 1.77 bits per heavy atom. The summed E-state index contributed by atoms with van der Waals surface area (Å²) in [5.41, 5.74) is 2.34. The van der Waals surface area contributed by atoms with Crippen LogP contribution in [0.3, 0.4) is 0 Å². The number of methoxy groups -OCH3 is 1. The zero-order chi connectivity index (χ0) is 20.7. The number of benzene rings is 3. The minimum atomic E-state index is -0.0388. The van der Waals surface area contributed by atoms with Gasteiger partial charge < -0.3 is 13.8 Å². The minimum Gasteiger partial charge on any atom is -0.497 e. The fourth-order valence-corrected chi connectivity index (χ4v) is 3.70. The molecule has 0 saturated carbocycles. The summed E-state index contributed by atoms with van der Waals surface area (Å²) in [6, 6.07) is 20.2. The largest absolute Gasteiger partial charge is 0.497 e. The van der Waals surface area contributed by atoms with Crippen LogP contribution in [0.2, 0.25) is 5.02 Å². The molecule has 0 atom stereocenters. The van der Waals surface area contributed by atoms with Crippen molar-refractivity contribution in [3.8, 4) is 17.1 Å². The van der Waals surface area contributed by atoms with Gasteiger partial charge in [-0.25, -0.2) is 0 Å². The van der Waals surface area contributed by atoms with Gasteiger partial charge in [0.2, 0.25) is 11.7 Å². The lowest BCUT2D eigenvalue weighted by molar-refractivity contribution is 0.374. The highest BCUT2D eigenvalue weighted by molar-refractivity contribution is 6.30. The van der Waals surface area contributed by atoms with Crippen molar-refractivity contribution in [1.82, 2.24) is 14.7 Å². The third kappa shape index (κ3) is 3.11. The lowest BCUT2D eigenvalue weighted by Crippen LogP contribution is -2.12. The summed E-state index contributed by atoms with van der Waals surface area (Å²) in [4.78, 5) is 17.6. The molecule has 0 aliphatic carbocycles. The second kappa shape index (κ2) is 7.31. The van der Waals surface area contributed by atoms with Crippen molar-refractivity contribution >= 4 is 33.4 Å². The number of halogens is 1. The van der Waals surface area contributed by atoms with Crippen molar-refractivity contribution in [2.24, 2.45) is 0 Å². The van der Waals surface area contributed by atoms with Crippen LogP contribution >= 0.6 is 11.6 Å². The Hall–Kier alpha value is -3.64. The van der Waals surface area contributed by atoms with E-state index in [1.165, 1.54) is 0 Å². The van der Waals surface area contributed by atoms with Gasteiger partial charge in [-0.05, 0) is 54.6 Å². The third-order valence-electron chi connectivity index (χ3n) is 5.04. The van der Waals surface area contributed by atoms with Crippen LogP contribution < -0.4 is 10.2 Å². The van der Waals surface area contributed by atoms with Crippen LogP contribution in [0.5, 0.6) is 5.75 Å². The quantitative estimate of drug-likeness (QED) is 0.388. The molecule has 2 heterocycles. The maximum Gasteiger partial charge on any atom is 0.246 e. The van der Waals surface area contributed by atoms with Gasteiger partial charge >= 0.3 is 0 Å². The van der Waals surface area contributed by atoms with E-state index >= 15 is 0 Å². The Morgan fingerprint density at radius 1 is 1.00 bits per heavy atom.